The van der Waals surface area contributed by atoms with E-state index in [1.165, 1.54) is 17.0 Å². The van der Waals surface area contributed by atoms with Gasteiger partial charge in [-0.3, -0.25) is 0 Å². The highest BCUT2D eigenvalue weighted by Gasteiger charge is 2.42. The molecular formula is C26H22F3NO3. The number of halogens is 3. The van der Waals surface area contributed by atoms with Crippen LogP contribution in [-0.2, 0) is 16.5 Å². The molecule has 1 aliphatic heterocycles. The van der Waals surface area contributed by atoms with Gasteiger partial charge in [-0.05, 0) is 46.4 Å². The van der Waals surface area contributed by atoms with Gasteiger partial charge >= 0.3 is 12.3 Å². The SMILES string of the molecule is O=C(OCC1c2ccccc2-c2ccccc21)N1CCC(O)(c2cccc(C(F)(F)F)c2)C1. The molecule has 0 spiro atoms. The van der Waals surface area contributed by atoms with Crippen LogP contribution in [0.25, 0.3) is 11.1 Å². The molecular weight excluding hydrogens is 431 g/mol. The second-order valence-corrected chi connectivity index (χ2v) is 8.59. The van der Waals surface area contributed by atoms with E-state index in [1.54, 1.807) is 0 Å². The number of β-amino-alcohol motifs (C(OH)–C–C–N with tert-alkyl or cyclic N) is 1. The van der Waals surface area contributed by atoms with Crippen LogP contribution >= 0.6 is 0 Å². The summed E-state index contributed by atoms with van der Waals surface area (Å²) in [5.74, 6) is -0.0914. The smallest absolute Gasteiger partial charge is 0.416 e. The molecule has 1 aliphatic carbocycles. The van der Waals surface area contributed by atoms with Gasteiger partial charge in [0, 0.05) is 12.5 Å². The third kappa shape index (κ3) is 3.86. The Morgan fingerprint density at radius 3 is 2.27 bits per heavy atom. The molecule has 1 N–H and O–H groups in total. The number of fused-ring (bicyclic) bond motifs is 3. The van der Waals surface area contributed by atoms with Crippen molar-refractivity contribution in [1.82, 2.24) is 4.90 Å². The molecule has 2 aliphatic rings. The summed E-state index contributed by atoms with van der Waals surface area (Å²) in [6.45, 7) is 0.222. The van der Waals surface area contributed by atoms with E-state index in [9.17, 15) is 23.1 Å². The van der Waals surface area contributed by atoms with Gasteiger partial charge in [0.05, 0.1) is 12.1 Å². The van der Waals surface area contributed by atoms with Crippen molar-refractivity contribution in [2.24, 2.45) is 0 Å². The number of hydrogen-bond acceptors (Lipinski definition) is 3. The van der Waals surface area contributed by atoms with E-state index < -0.39 is 23.4 Å². The average Bonchev–Trinajstić information content (AvgIpc) is 3.37. The Labute approximate surface area is 189 Å². The molecule has 4 nitrogen and oxygen atoms in total. The maximum absolute atomic E-state index is 13.1. The zero-order chi connectivity index (χ0) is 23.2. The lowest BCUT2D eigenvalue weighted by Crippen LogP contribution is -2.35. The number of aliphatic hydroxyl groups is 1. The fourth-order valence-corrected chi connectivity index (χ4v) is 4.86. The first-order valence-electron chi connectivity index (χ1n) is 10.8. The highest BCUT2D eigenvalue weighted by molar-refractivity contribution is 5.79. The fourth-order valence-electron chi connectivity index (χ4n) is 4.86. The molecule has 0 radical (unpaired) electrons. The van der Waals surface area contributed by atoms with Crippen molar-refractivity contribution in [3.63, 3.8) is 0 Å². The molecule has 7 heteroatoms. The van der Waals surface area contributed by atoms with E-state index in [4.69, 9.17) is 4.74 Å². The lowest BCUT2D eigenvalue weighted by atomic mass is 9.91. The Kier molecular flexibility index (Phi) is 5.16. The summed E-state index contributed by atoms with van der Waals surface area (Å²) in [6, 6.07) is 20.6. The predicted molar refractivity (Wildman–Crippen MR) is 117 cm³/mol. The van der Waals surface area contributed by atoms with Crippen LogP contribution in [0.5, 0.6) is 0 Å². The molecule has 1 amide bonds. The van der Waals surface area contributed by atoms with Crippen molar-refractivity contribution in [2.45, 2.75) is 24.1 Å². The molecule has 1 saturated heterocycles. The molecule has 1 unspecified atom stereocenters. The van der Waals surface area contributed by atoms with Gasteiger partial charge in [0.25, 0.3) is 0 Å². The van der Waals surface area contributed by atoms with E-state index in [0.717, 1.165) is 34.4 Å². The summed E-state index contributed by atoms with van der Waals surface area (Å²) in [5.41, 5.74) is 2.19. The second kappa shape index (κ2) is 7.92. The van der Waals surface area contributed by atoms with E-state index in [-0.39, 0.29) is 37.6 Å². The molecule has 170 valence electrons. The number of rotatable bonds is 3. The Morgan fingerprint density at radius 2 is 1.64 bits per heavy atom. The van der Waals surface area contributed by atoms with Crippen LogP contribution in [0.2, 0.25) is 0 Å². The van der Waals surface area contributed by atoms with Gasteiger partial charge < -0.3 is 14.7 Å². The maximum atomic E-state index is 13.1. The van der Waals surface area contributed by atoms with E-state index >= 15 is 0 Å². The molecule has 1 atom stereocenters. The number of amides is 1. The van der Waals surface area contributed by atoms with Gasteiger partial charge in [-0.2, -0.15) is 13.2 Å². The Bertz CT molecular complexity index is 1160. The third-order valence-electron chi connectivity index (χ3n) is 6.57. The minimum Gasteiger partial charge on any atom is -0.448 e. The van der Waals surface area contributed by atoms with Crippen molar-refractivity contribution in [2.75, 3.05) is 19.7 Å². The van der Waals surface area contributed by atoms with Crippen molar-refractivity contribution in [3.8, 4) is 11.1 Å². The summed E-state index contributed by atoms with van der Waals surface area (Å²) in [5, 5.41) is 11.0. The Balaban J connectivity index is 1.29. The quantitative estimate of drug-likeness (QED) is 0.566. The summed E-state index contributed by atoms with van der Waals surface area (Å²) >= 11 is 0. The Morgan fingerprint density at radius 1 is 1.00 bits per heavy atom. The minimum absolute atomic E-state index is 0.0914. The first kappa shape index (κ1) is 21.5. The number of alkyl halides is 3. The standard InChI is InChI=1S/C26H22F3NO3/c27-26(28,29)18-7-5-6-17(14-18)25(32)12-13-30(16-25)24(31)33-15-23-21-10-3-1-8-19(21)20-9-2-4-11-22(20)23/h1-11,14,23,32H,12-13,15-16H2. The van der Waals surface area contributed by atoms with Gasteiger partial charge in [-0.1, -0.05) is 60.7 Å². The van der Waals surface area contributed by atoms with Gasteiger partial charge in [0.2, 0.25) is 0 Å². The number of nitrogens with zero attached hydrogens (tertiary/aromatic N) is 1. The third-order valence-corrected chi connectivity index (χ3v) is 6.57. The molecule has 33 heavy (non-hydrogen) atoms. The molecule has 3 aromatic carbocycles. The number of carbonyl (C=O) groups is 1. The second-order valence-electron chi connectivity index (χ2n) is 8.59. The lowest BCUT2D eigenvalue weighted by molar-refractivity contribution is -0.137. The number of hydrogen-bond donors (Lipinski definition) is 1. The molecule has 1 fully saturated rings. The largest absolute Gasteiger partial charge is 0.448 e. The topological polar surface area (TPSA) is 49.8 Å². The fraction of sp³-hybridized carbons (Fsp3) is 0.269. The number of benzene rings is 3. The predicted octanol–water partition coefficient (Wildman–Crippen LogP) is 5.55. The van der Waals surface area contributed by atoms with Gasteiger partial charge in [-0.25, -0.2) is 4.79 Å². The summed E-state index contributed by atoms with van der Waals surface area (Å²) in [6.07, 6.45) is -4.95. The van der Waals surface area contributed by atoms with Crippen molar-refractivity contribution < 1.29 is 27.8 Å². The molecule has 1 heterocycles. The van der Waals surface area contributed by atoms with Crippen molar-refractivity contribution in [1.29, 1.82) is 0 Å². The average molecular weight is 453 g/mol. The van der Waals surface area contributed by atoms with E-state index in [1.807, 2.05) is 48.5 Å². The van der Waals surface area contributed by atoms with Gasteiger partial charge in [0.1, 0.15) is 12.2 Å². The first-order chi connectivity index (χ1) is 15.8. The van der Waals surface area contributed by atoms with Crippen LogP contribution in [0.1, 0.15) is 34.6 Å². The summed E-state index contributed by atoms with van der Waals surface area (Å²) in [4.78, 5) is 14.1. The highest BCUT2D eigenvalue weighted by atomic mass is 19.4. The number of ether oxygens (including phenoxy) is 1. The van der Waals surface area contributed by atoms with E-state index in [0.29, 0.717) is 0 Å². The molecule has 5 rings (SSSR count). The zero-order valence-corrected chi connectivity index (χ0v) is 17.7. The maximum Gasteiger partial charge on any atom is 0.416 e. The molecule has 3 aromatic rings. The van der Waals surface area contributed by atoms with Crippen LogP contribution in [0, 0.1) is 0 Å². The van der Waals surface area contributed by atoms with Crippen LogP contribution in [0.15, 0.2) is 72.8 Å². The normalized spacial score (nSPS) is 19.9. The van der Waals surface area contributed by atoms with Crippen LogP contribution < -0.4 is 0 Å². The van der Waals surface area contributed by atoms with Crippen LogP contribution in [0.4, 0.5) is 18.0 Å². The number of carbonyl (C=O) groups excluding carboxylic acids is 1. The van der Waals surface area contributed by atoms with Crippen molar-refractivity contribution >= 4 is 6.09 Å². The van der Waals surface area contributed by atoms with Gasteiger partial charge in [-0.15, -0.1) is 0 Å². The van der Waals surface area contributed by atoms with Gasteiger partial charge in [0.15, 0.2) is 0 Å². The van der Waals surface area contributed by atoms with Crippen LogP contribution in [0.3, 0.4) is 0 Å². The summed E-state index contributed by atoms with van der Waals surface area (Å²) in [7, 11) is 0. The van der Waals surface area contributed by atoms with E-state index in [2.05, 4.69) is 0 Å². The Hall–Kier alpha value is -3.32. The number of likely N-dealkylation sites (tertiary alicyclic amines) is 1. The molecule has 0 aromatic heterocycles. The first-order valence-corrected chi connectivity index (χ1v) is 10.8. The zero-order valence-electron chi connectivity index (χ0n) is 17.7. The summed E-state index contributed by atoms with van der Waals surface area (Å²) < 4.78 is 44.9. The molecule has 0 saturated carbocycles. The minimum atomic E-state index is -4.50. The van der Waals surface area contributed by atoms with Crippen molar-refractivity contribution in [3.05, 3.63) is 95.1 Å². The lowest BCUT2D eigenvalue weighted by Gasteiger charge is -2.25. The van der Waals surface area contributed by atoms with Crippen LogP contribution in [-0.4, -0.2) is 35.8 Å². The molecule has 0 bridgehead atoms. The monoisotopic (exact) mass is 453 g/mol. The highest BCUT2D eigenvalue weighted by Crippen LogP contribution is 2.44.